The zero-order valence-corrected chi connectivity index (χ0v) is 7.95. The zero-order valence-electron chi connectivity index (χ0n) is 6.37. The third kappa shape index (κ3) is 2.40. The van der Waals surface area contributed by atoms with Gasteiger partial charge in [0.05, 0.1) is 5.56 Å². The van der Waals surface area contributed by atoms with E-state index in [9.17, 15) is 4.79 Å². The van der Waals surface area contributed by atoms with Crippen molar-refractivity contribution in [2.24, 2.45) is 0 Å². The Morgan fingerprint density at radius 3 is 2.50 bits per heavy atom. The first-order valence-electron chi connectivity index (χ1n) is 3.10. The van der Waals surface area contributed by atoms with Crippen LogP contribution in [0.5, 0.6) is 0 Å². The Bertz CT molecular complexity index is 297. The van der Waals surface area contributed by atoms with E-state index in [2.05, 4.69) is 0 Å². The van der Waals surface area contributed by atoms with E-state index in [4.69, 9.17) is 16.7 Å². The molecule has 0 aliphatic heterocycles. The van der Waals surface area contributed by atoms with Gasteiger partial charge in [-0.2, -0.15) is 0 Å². The van der Waals surface area contributed by atoms with Crippen molar-refractivity contribution in [1.82, 2.24) is 0 Å². The number of rotatable bonds is 1. The van der Waals surface area contributed by atoms with E-state index in [-0.39, 0.29) is 12.4 Å². The highest BCUT2D eigenvalue weighted by Crippen LogP contribution is 2.14. The summed E-state index contributed by atoms with van der Waals surface area (Å²) >= 11 is 5.63. The van der Waals surface area contributed by atoms with Crippen molar-refractivity contribution in [3.63, 3.8) is 0 Å². The highest BCUT2D eigenvalue weighted by Gasteiger charge is 2.05. The van der Waals surface area contributed by atoms with Gasteiger partial charge in [0.1, 0.15) is 0 Å². The molecule has 2 nitrogen and oxygen atoms in total. The lowest BCUT2D eigenvalue weighted by atomic mass is 10.1. The molecule has 12 heavy (non-hydrogen) atoms. The van der Waals surface area contributed by atoms with Crippen LogP contribution in [0.3, 0.4) is 0 Å². The second-order valence-corrected chi connectivity index (χ2v) is 2.70. The molecule has 0 radical (unpaired) electrons. The van der Waals surface area contributed by atoms with Crippen LogP contribution in [0.2, 0.25) is 5.02 Å². The SMILES string of the molecule is Cc1cc(Cl)ccc1C(=O)O.Cl. The average Bonchev–Trinajstić information content (AvgIpc) is 1.85. The molecule has 1 N–H and O–H groups in total. The predicted octanol–water partition coefficient (Wildman–Crippen LogP) is 2.77. The Balaban J connectivity index is 0.00000121. The van der Waals surface area contributed by atoms with E-state index < -0.39 is 5.97 Å². The summed E-state index contributed by atoms with van der Waals surface area (Å²) in [4.78, 5) is 10.5. The van der Waals surface area contributed by atoms with E-state index in [0.29, 0.717) is 16.1 Å². The monoisotopic (exact) mass is 206 g/mol. The van der Waals surface area contributed by atoms with Crippen LogP contribution in [0.4, 0.5) is 0 Å². The van der Waals surface area contributed by atoms with Gasteiger partial charge in [0.2, 0.25) is 0 Å². The number of hydrogen-bond donors (Lipinski definition) is 1. The van der Waals surface area contributed by atoms with Crippen molar-refractivity contribution in [2.45, 2.75) is 6.92 Å². The Labute approximate surface area is 81.6 Å². The van der Waals surface area contributed by atoms with E-state index in [0.717, 1.165) is 0 Å². The summed E-state index contributed by atoms with van der Waals surface area (Å²) in [5.41, 5.74) is 0.986. The minimum absolute atomic E-state index is 0. The number of carboxylic acid groups (broad SMARTS) is 1. The minimum Gasteiger partial charge on any atom is -0.478 e. The van der Waals surface area contributed by atoms with E-state index in [1.165, 1.54) is 6.07 Å². The maximum Gasteiger partial charge on any atom is 0.335 e. The Morgan fingerprint density at radius 2 is 2.08 bits per heavy atom. The smallest absolute Gasteiger partial charge is 0.335 e. The summed E-state index contributed by atoms with van der Waals surface area (Å²) in [6.45, 7) is 1.72. The van der Waals surface area contributed by atoms with Crippen molar-refractivity contribution in [2.75, 3.05) is 0 Å². The van der Waals surface area contributed by atoms with Crippen LogP contribution in [0.15, 0.2) is 18.2 Å². The molecule has 0 aliphatic rings. The topological polar surface area (TPSA) is 37.3 Å². The number of benzene rings is 1. The van der Waals surface area contributed by atoms with Gasteiger partial charge in [0, 0.05) is 5.02 Å². The highest BCUT2D eigenvalue weighted by molar-refractivity contribution is 6.30. The Morgan fingerprint density at radius 1 is 1.50 bits per heavy atom. The van der Waals surface area contributed by atoms with Gasteiger partial charge in [-0.1, -0.05) is 11.6 Å². The second-order valence-electron chi connectivity index (χ2n) is 2.26. The lowest BCUT2D eigenvalue weighted by Crippen LogP contribution is -1.98. The average molecular weight is 207 g/mol. The highest BCUT2D eigenvalue weighted by atomic mass is 35.5. The summed E-state index contributed by atoms with van der Waals surface area (Å²) < 4.78 is 0. The molecule has 0 fully saturated rings. The van der Waals surface area contributed by atoms with Gasteiger partial charge in [-0.15, -0.1) is 12.4 Å². The molecular formula is C8H8Cl2O2. The van der Waals surface area contributed by atoms with Gasteiger partial charge < -0.3 is 5.11 Å². The van der Waals surface area contributed by atoms with Gasteiger partial charge in [-0.05, 0) is 30.7 Å². The molecular weight excluding hydrogens is 199 g/mol. The molecule has 0 amide bonds. The molecule has 1 aromatic carbocycles. The van der Waals surface area contributed by atoms with Crippen LogP contribution in [-0.2, 0) is 0 Å². The number of carboxylic acids is 1. The van der Waals surface area contributed by atoms with Crippen molar-refractivity contribution in [1.29, 1.82) is 0 Å². The number of hydrogen-bond acceptors (Lipinski definition) is 1. The normalized spacial score (nSPS) is 8.83. The molecule has 0 aliphatic carbocycles. The van der Waals surface area contributed by atoms with E-state index in [1.807, 2.05) is 0 Å². The van der Waals surface area contributed by atoms with Crippen LogP contribution in [0, 0.1) is 6.92 Å². The van der Waals surface area contributed by atoms with Gasteiger partial charge in [-0.3, -0.25) is 0 Å². The molecule has 0 bridgehead atoms. The lowest BCUT2D eigenvalue weighted by molar-refractivity contribution is 0.0696. The Kier molecular flexibility index (Phi) is 4.07. The van der Waals surface area contributed by atoms with Crippen LogP contribution in [-0.4, -0.2) is 11.1 Å². The molecule has 0 spiro atoms. The van der Waals surface area contributed by atoms with E-state index >= 15 is 0 Å². The first-order valence-corrected chi connectivity index (χ1v) is 3.48. The fourth-order valence-electron chi connectivity index (χ4n) is 0.867. The summed E-state index contributed by atoms with van der Waals surface area (Å²) in [7, 11) is 0. The fraction of sp³-hybridized carbons (Fsp3) is 0.125. The quantitative estimate of drug-likeness (QED) is 0.768. The summed E-state index contributed by atoms with van der Waals surface area (Å²) in [6, 6.07) is 4.70. The third-order valence-electron chi connectivity index (χ3n) is 1.42. The van der Waals surface area contributed by atoms with Crippen LogP contribution in [0.25, 0.3) is 0 Å². The van der Waals surface area contributed by atoms with Crippen LogP contribution >= 0.6 is 24.0 Å². The fourth-order valence-corrected chi connectivity index (χ4v) is 1.09. The Hall–Kier alpha value is -0.730. The van der Waals surface area contributed by atoms with Crippen molar-refractivity contribution in [3.8, 4) is 0 Å². The third-order valence-corrected chi connectivity index (χ3v) is 1.65. The van der Waals surface area contributed by atoms with Gasteiger partial charge in [-0.25, -0.2) is 4.79 Å². The van der Waals surface area contributed by atoms with Crippen molar-refractivity contribution in [3.05, 3.63) is 34.3 Å². The van der Waals surface area contributed by atoms with Crippen LogP contribution < -0.4 is 0 Å². The summed E-state index contributed by atoms with van der Waals surface area (Å²) in [5.74, 6) is -0.917. The largest absolute Gasteiger partial charge is 0.478 e. The first-order chi connectivity index (χ1) is 5.11. The predicted molar refractivity (Wildman–Crippen MR) is 50.4 cm³/mol. The summed E-state index contributed by atoms with van der Waals surface area (Å²) in [5, 5.41) is 9.18. The standard InChI is InChI=1S/C8H7ClO2.ClH/c1-5-4-6(9)2-3-7(5)8(10)11;/h2-4H,1H3,(H,10,11);1H. The molecule has 0 saturated heterocycles. The molecule has 0 unspecified atom stereocenters. The van der Waals surface area contributed by atoms with Crippen molar-refractivity contribution < 1.29 is 9.90 Å². The molecule has 0 atom stereocenters. The van der Waals surface area contributed by atoms with Gasteiger partial charge >= 0.3 is 5.97 Å². The molecule has 66 valence electrons. The minimum atomic E-state index is -0.917. The molecule has 0 saturated carbocycles. The molecule has 1 aromatic rings. The maximum atomic E-state index is 10.5. The van der Waals surface area contributed by atoms with E-state index in [1.54, 1.807) is 19.1 Å². The van der Waals surface area contributed by atoms with Gasteiger partial charge in [0.15, 0.2) is 0 Å². The molecule has 4 heteroatoms. The number of halogens is 2. The first kappa shape index (κ1) is 11.3. The molecule has 0 heterocycles. The summed E-state index contributed by atoms with van der Waals surface area (Å²) in [6.07, 6.45) is 0. The van der Waals surface area contributed by atoms with Crippen molar-refractivity contribution >= 4 is 30.0 Å². The number of aromatic carboxylic acids is 1. The maximum absolute atomic E-state index is 10.5. The number of aryl methyl sites for hydroxylation is 1. The second kappa shape index (κ2) is 4.33. The van der Waals surface area contributed by atoms with Gasteiger partial charge in [0.25, 0.3) is 0 Å². The molecule has 0 aromatic heterocycles. The van der Waals surface area contributed by atoms with Crippen LogP contribution in [0.1, 0.15) is 15.9 Å². The molecule has 1 rings (SSSR count). The number of carbonyl (C=O) groups is 1. The zero-order chi connectivity index (χ0) is 8.43. The lowest BCUT2D eigenvalue weighted by Gasteiger charge is -1.98.